The number of hydrogen-bond donors (Lipinski definition) is 3. The van der Waals surface area contributed by atoms with E-state index < -0.39 is 6.04 Å². The minimum atomic E-state index is -0.571. The van der Waals surface area contributed by atoms with Gasteiger partial charge in [0.2, 0.25) is 11.8 Å². The first-order valence-electron chi connectivity index (χ1n) is 6.31. The second-order valence-electron chi connectivity index (χ2n) is 4.72. The number of carbonyl (C=O) groups is 2. The second-order valence-corrected chi connectivity index (χ2v) is 5.50. The molecular formula is C13H22ClN3O2S. The average molecular weight is 320 g/mol. The summed E-state index contributed by atoms with van der Waals surface area (Å²) < 4.78 is 0. The summed E-state index contributed by atoms with van der Waals surface area (Å²) in [6.07, 6.45) is 0.800. The predicted molar refractivity (Wildman–Crippen MR) is 84.1 cm³/mol. The Hall–Kier alpha value is -1.11. The smallest absolute Gasteiger partial charge is 0.239 e. The molecule has 0 bridgehead atoms. The molecule has 1 heterocycles. The van der Waals surface area contributed by atoms with Gasteiger partial charge in [0.15, 0.2) is 0 Å². The van der Waals surface area contributed by atoms with Crippen molar-refractivity contribution in [3.63, 3.8) is 0 Å². The fourth-order valence-corrected chi connectivity index (χ4v) is 2.13. The van der Waals surface area contributed by atoms with Gasteiger partial charge in [0.25, 0.3) is 0 Å². The highest BCUT2D eigenvalue weighted by molar-refractivity contribution is 7.07. The molecule has 1 rings (SSSR count). The van der Waals surface area contributed by atoms with E-state index in [1.807, 2.05) is 25.3 Å². The van der Waals surface area contributed by atoms with Gasteiger partial charge in [0.1, 0.15) is 0 Å². The lowest BCUT2D eigenvalue weighted by molar-refractivity contribution is -0.127. The van der Waals surface area contributed by atoms with Crippen LogP contribution in [0, 0.1) is 5.92 Å². The van der Waals surface area contributed by atoms with Crippen molar-refractivity contribution in [2.75, 3.05) is 13.1 Å². The number of carbonyl (C=O) groups excluding carboxylic acids is 2. The highest BCUT2D eigenvalue weighted by atomic mass is 35.5. The molecule has 0 aliphatic carbocycles. The topological polar surface area (TPSA) is 84.2 Å². The number of thiophene rings is 1. The Morgan fingerprint density at radius 1 is 1.35 bits per heavy atom. The van der Waals surface area contributed by atoms with Crippen molar-refractivity contribution in [2.45, 2.75) is 26.3 Å². The third-order valence-electron chi connectivity index (χ3n) is 2.76. The van der Waals surface area contributed by atoms with Gasteiger partial charge in [-0.25, -0.2) is 0 Å². The fourth-order valence-electron chi connectivity index (χ4n) is 1.43. The molecule has 1 aromatic rings. The fraction of sp³-hybridized carbons (Fsp3) is 0.538. The van der Waals surface area contributed by atoms with Gasteiger partial charge in [0, 0.05) is 6.54 Å². The van der Waals surface area contributed by atoms with Crippen LogP contribution in [0.1, 0.15) is 19.4 Å². The Morgan fingerprint density at radius 2 is 2.05 bits per heavy atom. The van der Waals surface area contributed by atoms with Crippen molar-refractivity contribution < 1.29 is 9.59 Å². The zero-order valence-corrected chi connectivity index (χ0v) is 13.4. The molecule has 0 fully saturated rings. The van der Waals surface area contributed by atoms with Gasteiger partial charge in [-0.15, -0.1) is 12.4 Å². The average Bonchev–Trinajstić information content (AvgIpc) is 2.88. The van der Waals surface area contributed by atoms with Gasteiger partial charge in [-0.3, -0.25) is 9.59 Å². The number of rotatable bonds is 7. The van der Waals surface area contributed by atoms with Gasteiger partial charge in [-0.1, -0.05) is 13.8 Å². The normalized spacial score (nSPS) is 11.6. The minimum Gasteiger partial charge on any atom is -0.354 e. The van der Waals surface area contributed by atoms with Crippen molar-refractivity contribution in [2.24, 2.45) is 11.7 Å². The third-order valence-corrected chi connectivity index (χ3v) is 3.49. The summed E-state index contributed by atoms with van der Waals surface area (Å²) >= 11 is 1.63. The molecule has 0 aliphatic heterocycles. The minimum absolute atomic E-state index is 0. The Morgan fingerprint density at radius 3 is 2.60 bits per heavy atom. The zero-order valence-electron chi connectivity index (χ0n) is 11.7. The molecule has 0 aliphatic rings. The number of nitrogens with one attached hydrogen (secondary N) is 2. The summed E-state index contributed by atoms with van der Waals surface area (Å²) in [6.45, 7) is 4.28. The van der Waals surface area contributed by atoms with E-state index in [1.54, 1.807) is 11.3 Å². The number of halogens is 1. The van der Waals surface area contributed by atoms with Crippen LogP contribution in [0.2, 0.25) is 0 Å². The Labute approximate surface area is 129 Å². The van der Waals surface area contributed by atoms with Crippen LogP contribution in [0.4, 0.5) is 0 Å². The molecule has 20 heavy (non-hydrogen) atoms. The van der Waals surface area contributed by atoms with E-state index in [4.69, 9.17) is 5.73 Å². The summed E-state index contributed by atoms with van der Waals surface area (Å²) in [7, 11) is 0. The van der Waals surface area contributed by atoms with E-state index in [0.717, 1.165) is 6.42 Å². The SMILES string of the molecule is CC(C)[C@H](N)C(=O)NCC(=O)NCCc1ccsc1.Cl. The lowest BCUT2D eigenvalue weighted by Gasteiger charge is -2.15. The van der Waals surface area contributed by atoms with Crippen molar-refractivity contribution >= 4 is 35.6 Å². The van der Waals surface area contributed by atoms with Crippen LogP contribution in [0.5, 0.6) is 0 Å². The van der Waals surface area contributed by atoms with Crippen LogP contribution in [-0.2, 0) is 16.0 Å². The van der Waals surface area contributed by atoms with Crippen LogP contribution < -0.4 is 16.4 Å². The molecule has 1 aromatic heterocycles. The summed E-state index contributed by atoms with van der Waals surface area (Å²) in [4.78, 5) is 23.0. The molecule has 0 spiro atoms. The second kappa shape index (κ2) is 9.74. The standard InChI is InChI=1S/C13H21N3O2S.ClH/c1-9(2)12(14)13(18)16-7-11(17)15-5-3-10-4-6-19-8-10;/h4,6,8-9,12H,3,5,7,14H2,1-2H3,(H,15,17)(H,16,18);1H/t12-;/m0./s1. The molecule has 0 saturated heterocycles. The first-order chi connectivity index (χ1) is 9.00. The van der Waals surface area contributed by atoms with Gasteiger partial charge in [0.05, 0.1) is 12.6 Å². The Balaban J connectivity index is 0.00000361. The van der Waals surface area contributed by atoms with Crippen LogP contribution in [0.15, 0.2) is 16.8 Å². The van der Waals surface area contributed by atoms with E-state index in [1.165, 1.54) is 5.56 Å². The van der Waals surface area contributed by atoms with Crippen molar-refractivity contribution in [1.29, 1.82) is 0 Å². The molecule has 0 radical (unpaired) electrons. The summed E-state index contributed by atoms with van der Waals surface area (Å²) in [5.41, 5.74) is 6.87. The molecule has 0 aromatic carbocycles. The lowest BCUT2D eigenvalue weighted by Crippen LogP contribution is -2.47. The predicted octanol–water partition coefficient (Wildman–Crippen LogP) is 0.928. The first-order valence-corrected chi connectivity index (χ1v) is 7.26. The van der Waals surface area contributed by atoms with Crippen molar-refractivity contribution in [3.8, 4) is 0 Å². The van der Waals surface area contributed by atoms with Crippen LogP contribution >= 0.6 is 23.7 Å². The van der Waals surface area contributed by atoms with Crippen molar-refractivity contribution in [1.82, 2.24) is 10.6 Å². The summed E-state index contributed by atoms with van der Waals surface area (Å²) in [5, 5.41) is 9.34. The lowest BCUT2D eigenvalue weighted by atomic mass is 10.1. The highest BCUT2D eigenvalue weighted by Crippen LogP contribution is 2.05. The molecule has 7 heteroatoms. The van der Waals surface area contributed by atoms with Crippen LogP contribution in [-0.4, -0.2) is 30.9 Å². The highest BCUT2D eigenvalue weighted by Gasteiger charge is 2.17. The zero-order chi connectivity index (χ0) is 14.3. The summed E-state index contributed by atoms with van der Waals surface area (Å²) in [6, 6.07) is 1.46. The Bertz CT molecular complexity index is 410. The maximum absolute atomic E-state index is 11.5. The van der Waals surface area contributed by atoms with Gasteiger partial charge >= 0.3 is 0 Å². The largest absolute Gasteiger partial charge is 0.354 e. The molecule has 0 saturated carbocycles. The van der Waals surface area contributed by atoms with E-state index in [-0.39, 0.29) is 36.7 Å². The molecule has 0 unspecified atom stereocenters. The monoisotopic (exact) mass is 319 g/mol. The first kappa shape index (κ1) is 18.9. The molecular weight excluding hydrogens is 298 g/mol. The molecule has 1 atom stereocenters. The molecule has 4 N–H and O–H groups in total. The van der Waals surface area contributed by atoms with Gasteiger partial charge < -0.3 is 16.4 Å². The number of nitrogens with two attached hydrogens (primary N) is 1. The summed E-state index contributed by atoms with van der Waals surface area (Å²) in [5.74, 6) is -0.427. The maximum atomic E-state index is 11.5. The maximum Gasteiger partial charge on any atom is 0.239 e. The van der Waals surface area contributed by atoms with E-state index in [0.29, 0.717) is 6.54 Å². The van der Waals surface area contributed by atoms with Crippen molar-refractivity contribution in [3.05, 3.63) is 22.4 Å². The Kier molecular flexibility index (Phi) is 9.20. The van der Waals surface area contributed by atoms with E-state index in [9.17, 15) is 9.59 Å². The molecule has 5 nitrogen and oxygen atoms in total. The number of amides is 2. The quantitative estimate of drug-likeness (QED) is 0.699. The van der Waals surface area contributed by atoms with Crippen LogP contribution in [0.3, 0.4) is 0 Å². The van der Waals surface area contributed by atoms with E-state index >= 15 is 0 Å². The van der Waals surface area contributed by atoms with Gasteiger partial charge in [-0.2, -0.15) is 11.3 Å². The van der Waals surface area contributed by atoms with Gasteiger partial charge in [-0.05, 0) is 34.7 Å². The number of hydrogen-bond acceptors (Lipinski definition) is 4. The molecule has 114 valence electrons. The van der Waals surface area contributed by atoms with E-state index in [2.05, 4.69) is 16.0 Å². The molecule has 2 amide bonds. The van der Waals surface area contributed by atoms with Crippen LogP contribution in [0.25, 0.3) is 0 Å². The third kappa shape index (κ3) is 6.88.